The van der Waals surface area contributed by atoms with E-state index >= 15 is 0 Å². The van der Waals surface area contributed by atoms with Crippen molar-refractivity contribution in [2.45, 2.75) is 58.4 Å². The third kappa shape index (κ3) is 6.16. The van der Waals surface area contributed by atoms with E-state index in [1.54, 1.807) is 12.1 Å². The topological polar surface area (TPSA) is 118 Å². The van der Waals surface area contributed by atoms with Crippen LogP contribution in [0, 0.1) is 16.0 Å². The minimum absolute atomic E-state index is 0.0552. The Balaban J connectivity index is 2.44. The van der Waals surface area contributed by atoms with E-state index in [-0.39, 0.29) is 41.5 Å². The van der Waals surface area contributed by atoms with Gasteiger partial charge >= 0.3 is 5.97 Å². The third-order valence-corrected chi connectivity index (χ3v) is 7.13. The van der Waals surface area contributed by atoms with E-state index in [4.69, 9.17) is 5.11 Å². The lowest BCUT2D eigenvalue weighted by molar-refractivity contribution is -0.384. The highest BCUT2D eigenvalue weighted by atomic mass is 32.2. The monoisotopic (exact) mass is 426 g/mol. The molecule has 1 heterocycles. The number of rotatable bonds is 9. The molecule has 1 N–H and O–H groups in total. The SMILES string of the molecule is CCC(CC(=O)O)c1ccc(N(CC(C)C)C2CCS(=O)(=O)CC2)c([N+](=O)[O-])c1. The number of hydrogen-bond acceptors (Lipinski definition) is 6. The van der Waals surface area contributed by atoms with Crippen molar-refractivity contribution in [1.29, 1.82) is 0 Å². The normalized spacial score (nSPS) is 17.8. The van der Waals surface area contributed by atoms with Crippen molar-refractivity contribution < 1.29 is 23.2 Å². The summed E-state index contributed by atoms with van der Waals surface area (Å²) in [5.41, 5.74) is 1.06. The van der Waals surface area contributed by atoms with Crippen molar-refractivity contribution in [3.8, 4) is 0 Å². The number of carbonyl (C=O) groups is 1. The Labute approximate surface area is 172 Å². The number of carboxylic acids is 1. The zero-order valence-corrected chi connectivity index (χ0v) is 18.0. The second kappa shape index (κ2) is 9.56. The Kier molecular flexibility index (Phi) is 7.62. The number of benzene rings is 1. The van der Waals surface area contributed by atoms with Crippen LogP contribution in [-0.4, -0.2) is 48.5 Å². The Morgan fingerprint density at radius 1 is 1.31 bits per heavy atom. The van der Waals surface area contributed by atoms with Gasteiger partial charge in [-0.05, 0) is 42.7 Å². The second-order valence-electron chi connectivity index (χ2n) is 8.14. The average Bonchev–Trinajstić information content (AvgIpc) is 2.63. The first kappa shape index (κ1) is 23.1. The number of nitro groups is 1. The van der Waals surface area contributed by atoms with Crippen molar-refractivity contribution in [3.63, 3.8) is 0 Å². The lowest BCUT2D eigenvalue weighted by Crippen LogP contribution is -2.43. The smallest absolute Gasteiger partial charge is 0.303 e. The second-order valence-corrected chi connectivity index (χ2v) is 10.4. The lowest BCUT2D eigenvalue weighted by Gasteiger charge is -2.37. The fourth-order valence-electron chi connectivity index (χ4n) is 3.92. The van der Waals surface area contributed by atoms with Gasteiger partial charge in [-0.15, -0.1) is 0 Å². The van der Waals surface area contributed by atoms with Crippen molar-refractivity contribution in [1.82, 2.24) is 0 Å². The Morgan fingerprint density at radius 2 is 1.93 bits per heavy atom. The molecule has 8 nitrogen and oxygen atoms in total. The van der Waals surface area contributed by atoms with E-state index in [9.17, 15) is 23.3 Å². The molecule has 9 heteroatoms. The summed E-state index contributed by atoms with van der Waals surface area (Å²) >= 11 is 0. The standard InChI is InChI=1S/C20H30N2O6S/c1-4-15(12-20(23)24)16-5-6-18(19(11-16)22(25)26)21(13-14(2)3)17-7-9-29(27,28)10-8-17/h5-6,11,14-15,17H,4,7-10,12-13H2,1-3H3,(H,23,24). The van der Waals surface area contributed by atoms with Gasteiger partial charge in [0.1, 0.15) is 15.5 Å². The van der Waals surface area contributed by atoms with Crippen molar-refractivity contribution >= 4 is 27.2 Å². The predicted octanol–water partition coefficient (Wildman–Crippen LogP) is 3.60. The molecule has 0 amide bonds. The van der Waals surface area contributed by atoms with Crippen LogP contribution in [0.5, 0.6) is 0 Å². The molecule has 1 fully saturated rings. The van der Waals surface area contributed by atoms with Crippen LogP contribution in [0.4, 0.5) is 11.4 Å². The van der Waals surface area contributed by atoms with Gasteiger partial charge in [-0.3, -0.25) is 14.9 Å². The molecule has 2 rings (SSSR count). The summed E-state index contributed by atoms with van der Waals surface area (Å²) in [6, 6.07) is 4.88. The Hall–Kier alpha value is -2.16. The van der Waals surface area contributed by atoms with Gasteiger partial charge in [0.2, 0.25) is 0 Å². The summed E-state index contributed by atoms with van der Waals surface area (Å²) in [6.45, 7) is 6.48. The van der Waals surface area contributed by atoms with Gasteiger partial charge in [-0.25, -0.2) is 8.42 Å². The summed E-state index contributed by atoms with van der Waals surface area (Å²) in [6.07, 6.45) is 1.39. The van der Waals surface area contributed by atoms with Gasteiger partial charge in [-0.1, -0.05) is 26.8 Å². The number of nitro benzene ring substituents is 1. The third-order valence-electron chi connectivity index (χ3n) is 5.42. The maximum atomic E-state index is 11.8. The van der Waals surface area contributed by atoms with Crippen LogP contribution in [0.15, 0.2) is 18.2 Å². The van der Waals surface area contributed by atoms with Crippen molar-refractivity contribution in [2.75, 3.05) is 23.0 Å². The number of carboxylic acid groups (broad SMARTS) is 1. The zero-order valence-electron chi connectivity index (χ0n) is 17.2. The van der Waals surface area contributed by atoms with Gasteiger partial charge in [0.25, 0.3) is 5.69 Å². The number of aliphatic carboxylic acids is 1. The predicted molar refractivity (Wildman–Crippen MR) is 112 cm³/mol. The van der Waals surface area contributed by atoms with E-state index < -0.39 is 20.7 Å². The molecule has 1 atom stereocenters. The first-order chi connectivity index (χ1) is 13.5. The maximum Gasteiger partial charge on any atom is 0.303 e. The van der Waals surface area contributed by atoms with Crippen LogP contribution >= 0.6 is 0 Å². The summed E-state index contributed by atoms with van der Waals surface area (Å²) < 4.78 is 23.6. The minimum atomic E-state index is -3.04. The van der Waals surface area contributed by atoms with Crippen LogP contribution in [0.1, 0.15) is 57.9 Å². The van der Waals surface area contributed by atoms with Gasteiger partial charge in [-0.2, -0.15) is 0 Å². The van der Waals surface area contributed by atoms with E-state index in [0.29, 0.717) is 37.1 Å². The molecule has 1 aromatic carbocycles. The summed E-state index contributed by atoms with van der Waals surface area (Å²) in [5.74, 6) is -0.807. The van der Waals surface area contributed by atoms with Crippen LogP contribution in [0.2, 0.25) is 0 Å². The highest BCUT2D eigenvalue weighted by molar-refractivity contribution is 7.91. The molecular weight excluding hydrogens is 396 g/mol. The highest BCUT2D eigenvalue weighted by Gasteiger charge is 2.32. The van der Waals surface area contributed by atoms with Gasteiger partial charge < -0.3 is 10.0 Å². The zero-order chi connectivity index (χ0) is 21.8. The van der Waals surface area contributed by atoms with Crippen LogP contribution in [0.25, 0.3) is 0 Å². The van der Waals surface area contributed by atoms with E-state index in [0.717, 1.165) is 0 Å². The van der Waals surface area contributed by atoms with E-state index in [1.807, 2.05) is 25.7 Å². The Morgan fingerprint density at radius 3 is 2.41 bits per heavy atom. The summed E-state index contributed by atoms with van der Waals surface area (Å²) in [7, 11) is -3.04. The molecule has 1 saturated heterocycles. The molecule has 0 bridgehead atoms. The molecule has 1 unspecified atom stereocenters. The van der Waals surface area contributed by atoms with E-state index in [2.05, 4.69) is 0 Å². The fraction of sp³-hybridized carbons (Fsp3) is 0.650. The van der Waals surface area contributed by atoms with E-state index in [1.165, 1.54) is 6.07 Å². The molecule has 1 aromatic rings. The van der Waals surface area contributed by atoms with Crippen molar-refractivity contribution in [2.24, 2.45) is 5.92 Å². The summed E-state index contributed by atoms with van der Waals surface area (Å²) in [4.78, 5) is 24.5. The van der Waals surface area contributed by atoms with Crippen LogP contribution < -0.4 is 4.90 Å². The molecule has 0 aromatic heterocycles. The fourth-order valence-corrected chi connectivity index (χ4v) is 5.39. The van der Waals surface area contributed by atoms with Gasteiger partial charge in [0, 0.05) is 18.7 Å². The number of hydrogen-bond donors (Lipinski definition) is 1. The first-order valence-corrected chi connectivity index (χ1v) is 11.8. The first-order valence-electron chi connectivity index (χ1n) is 10.0. The number of anilines is 1. The van der Waals surface area contributed by atoms with Crippen LogP contribution in [-0.2, 0) is 14.6 Å². The molecular formula is C20H30N2O6S. The van der Waals surface area contributed by atoms with Gasteiger partial charge in [0.05, 0.1) is 22.8 Å². The minimum Gasteiger partial charge on any atom is -0.481 e. The molecule has 1 aliphatic rings. The highest BCUT2D eigenvalue weighted by Crippen LogP contribution is 2.36. The molecule has 1 aliphatic heterocycles. The number of nitrogens with zero attached hydrogens (tertiary/aromatic N) is 2. The molecule has 0 spiro atoms. The largest absolute Gasteiger partial charge is 0.481 e. The van der Waals surface area contributed by atoms with Gasteiger partial charge in [0.15, 0.2) is 0 Å². The molecule has 0 saturated carbocycles. The van der Waals surface area contributed by atoms with Crippen molar-refractivity contribution in [3.05, 3.63) is 33.9 Å². The quantitative estimate of drug-likeness (QED) is 0.473. The molecule has 162 valence electrons. The average molecular weight is 427 g/mol. The number of sulfone groups is 1. The maximum absolute atomic E-state index is 11.8. The molecule has 29 heavy (non-hydrogen) atoms. The summed E-state index contributed by atoms with van der Waals surface area (Å²) in [5, 5.41) is 21.0. The lowest BCUT2D eigenvalue weighted by atomic mass is 9.92. The molecule has 0 radical (unpaired) electrons. The Bertz CT molecular complexity index is 839. The van der Waals surface area contributed by atoms with Crippen LogP contribution in [0.3, 0.4) is 0 Å². The molecule has 0 aliphatic carbocycles.